The summed E-state index contributed by atoms with van der Waals surface area (Å²) in [5.74, 6) is 2.67. The maximum absolute atomic E-state index is 6.38. The molecule has 0 radical (unpaired) electrons. The number of pyridine rings is 1. The molecule has 108 valence electrons. The molecule has 0 aromatic carbocycles. The van der Waals surface area contributed by atoms with Crippen molar-refractivity contribution < 1.29 is 0 Å². The molecule has 20 heavy (non-hydrogen) atoms. The Kier molecular flexibility index (Phi) is 2.68. The van der Waals surface area contributed by atoms with Crippen molar-refractivity contribution in [3.8, 4) is 0 Å². The van der Waals surface area contributed by atoms with Crippen LogP contribution in [-0.2, 0) is 24.7 Å². The molecule has 0 aliphatic heterocycles. The minimum absolute atomic E-state index is 0.222. The van der Waals surface area contributed by atoms with Crippen LogP contribution in [0.4, 0.5) is 5.82 Å². The molecular formula is C18H26N2. The van der Waals surface area contributed by atoms with Crippen LogP contribution in [0.5, 0.6) is 0 Å². The summed E-state index contributed by atoms with van der Waals surface area (Å²) in [6.07, 6.45) is 10.5. The van der Waals surface area contributed by atoms with Gasteiger partial charge in [-0.05, 0) is 79.9 Å². The van der Waals surface area contributed by atoms with Gasteiger partial charge in [0.15, 0.2) is 0 Å². The molecule has 1 aromatic rings. The predicted molar refractivity (Wildman–Crippen MR) is 82.9 cm³/mol. The average molecular weight is 270 g/mol. The molecule has 2 N–H and O–H groups in total. The number of hydrogen-bond donors (Lipinski definition) is 1. The Labute approximate surface area is 122 Å². The zero-order valence-electron chi connectivity index (χ0n) is 12.8. The summed E-state index contributed by atoms with van der Waals surface area (Å²) in [6, 6.07) is 0. The van der Waals surface area contributed by atoms with Crippen molar-refractivity contribution in [2.24, 2.45) is 11.8 Å². The van der Waals surface area contributed by atoms with Gasteiger partial charge in [-0.1, -0.05) is 13.8 Å². The Bertz CT molecular complexity index is 551. The van der Waals surface area contributed by atoms with E-state index in [0.29, 0.717) is 0 Å². The Morgan fingerprint density at radius 3 is 2.25 bits per heavy atom. The molecule has 2 fully saturated rings. The Balaban J connectivity index is 1.81. The first-order chi connectivity index (χ1) is 9.54. The number of rotatable bonds is 4. The van der Waals surface area contributed by atoms with Crippen LogP contribution in [0, 0.1) is 11.8 Å². The molecule has 0 bridgehead atoms. The van der Waals surface area contributed by atoms with Crippen LogP contribution in [0.25, 0.3) is 0 Å². The largest absolute Gasteiger partial charge is 0.383 e. The third-order valence-corrected chi connectivity index (χ3v) is 5.58. The molecule has 0 spiro atoms. The Hall–Kier alpha value is -1.05. The molecule has 3 aliphatic carbocycles. The van der Waals surface area contributed by atoms with E-state index in [1.165, 1.54) is 62.6 Å². The molecule has 4 rings (SSSR count). The van der Waals surface area contributed by atoms with Crippen LogP contribution in [-0.4, -0.2) is 4.98 Å². The molecule has 2 saturated carbocycles. The van der Waals surface area contributed by atoms with E-state index in [9.17, 15) is 0 Å². The fourth-order valence-electron chi connectivity index (χ4n) is 3.82. The fourth-order valence-corrected chi connectivity index (χ4v) is 3.82. The zero-order chi connectivity index (χ0) is 13.9. The van der Waals surface area contributed by atoms with Crippen molar-refractivity contribution in [2.75, 3.05) is 5.73 Å². The van der Waals surface area contributed by atoms with Crippen LogP contribution in [0.3, 0.4) is 0 Å². The van der Waals surface area contributed by atoms with E-state index in [-0.39, 0.29) is 5.41 Å². The normalized spacial score (nSPS) is 23.9. The second-order valence-corrected chi connectivity index (χ2v) is 7.96. The van der Waals surface area contributed by atoms with Crippen LogP contribution in [0.2, 0.25) is 0 Å². The zero-order valence-corrected chi connectivity index (χ0v) is 12.8. The van der Waals surface area contributed by atoms with Crippen LogP contribution in [0.15, 0.2) is 0 Å². The summed E-state index contributed by atoms with van der Waals surface area (Å²) in [4.78, 5) is 4.85. The third kappa shape index (κ3) is 2.13. The molecule has 3 aliphatic rings. The number of nitrogen functional groups attached to an aromatic ring is 1. The van der Waals surface area contributed by atoms with Gasteiger partial charge < -0.3 is 5.73 Å². The van der Waals surface area contributed by atoms with E-state index < -0.39 is 0 Å². The van der Waals surface area contributed by atoms with Gasteiger partial charge in [0.2, 0.25) is 0 Å². The quantitative estimate of drug-likeness (QED) is 0.904. The van der Waals surface area contributed by atoms with Crippen molar-refractivity contribution in [1.82, 2.24) is 4.98 Å². The molecule has 0 unspecified atom stereocenters. The van der Waals surface area contributed by atoms with Crippen molar-refractivity contribution in [1.29, 1.82) is 0 Å². The van der Waals surface area contributed by atoms with Crippen LogP contribution in [0.1, 0.15) is 68.3 Å². The van der Waals surface area contributed by atoms with E-state index in [2.05, 4.69) is 13.8 Å². The van der Waals surface area contributed by atoms with Gasteiger partial charge >= 0.3 is 0 Å². The smallest absolute Gasteiger partial charge is 0.127 e. The molecular weight excluding hydrogens is 244 g/mol. The number of fused-ring (bicyclic) bond motifs is 1. The summed E-state index contributed by atoms with van der Waals surface area (Å²) in [5, 5.41) is 0. The van der Waals surface area contributed by atoms with Gasteiger partial charge in [0.05, 0.1) is 5.69 Å². The molecule has 0 atom stereocenters. The maximum Gasteiger partial charge on any atom is 0.127 e. The van der Waals surface area contributed by atoms with Gasteiger partial charge in [-0.25, -0.2) is 4.98 Å². The highest BCUT2D eigenvalue weighted by molar-refractivity contribution is 5.54. The fraction of sp³-hybridized carbons (Fsp3) is 0.722. The minimum Gasteiger partial charge on any atom is -0.383 e. The van der Waals surface area contributed by atoms with Gasteiger partial charge in [-0.15, -0.1) is 0 Å². The molecule has 0 saturated heterocycles. The summed E-state index contributed by atoms with van der Waals surface area (Å²) in [7, 11) is 0. The van der Waals surface area contributed by atoms with Gasteiger partial charge in [0.1, 0.15) is 5.82 Å². The minimum atomic E-state index is 0.222. The van der Waals surface area contributed by atoms with Crippen molar-refractivity contribution >= 4 is 5.82 Å². The first-order valence-electron chi connectivity index (χ1n) is 8.35. The van der Waals surface area contributed by atoms with Gasteiger partial charge in [0.25, 0.3) is 0 Å². The summed E-state index contributed by atoms with van der Waals surface area (Å²) in [5.41, 5.74) is 12.5. The first kappa shape index (κ1) is 12.7. The van der Waals surface area contributed by atoms with Crippen molar-refractivity contribution in [2.45, 2.75) is 70.6 Å². The standard InChI is InChI=1S/C18H26N2/c1-18(2)8-7-13-14(9-11-3-4-11)15(10-12-5-6-12)17(19)20-16(13)18/h11-12H,3-10H2,1-2H3,(H2,19,20). The lowest BCUT2D eigenvalue weighted by molar-refractivity contribution is 0.510. The van der Waals surface area contributed by atoms with Crippen LogP contribution < -0.4 is 5.73 Å². The lowest BCUT2D eigenvalue weighted by atomic mass is 9.88. The predicted octanol–water partition coefficient (Wildman–Crippen LogP) is 3.79. The monoisotopic (exact) mass is 270 g/mol. The first-order valence-corrected chi connectivity index (χ1v) is 8.35. The highest BCUT2D eigenvalue weighted by Gasteiger charge is 2.37. The van der Waals surface area contributed by atoms with Crippen molar-refractivity contribution in [3.63, 3.8) is 0 Å². The highest BCUT2D eigenvalue weighted by Crippen LogP contribution is 2.45. The molecule has 1 heterocycles. The highest BCUT2D eigenvalue weighted by atomic mass is 14.9. The second-order valence-electron chi connectivity index (χ2n) is 7.96. The summed E-state index contributed by atoms with van der Waals surface area (Å²) >= 11 is 0. The molecule has 1 aromatic heterocycles. The lowest BCUT2D eigenvalue weighted by Crippen LogP contribution is -2.17. The third-order valence-electron chi connectivity index (χ3n) is 5.58. The van der Waals surface area contributed by atoms with Crippen LogP contribution >= 0.6 is 0 Å². The van der Waals surface area contributed by atoms with Gasteiger partial charge in [-0.3, -0.25) is 0 Å². The maximum atomic E-state index is 6.38. The number of hydrogen-bond acceptors (Lipinski definition) is 2. The summed E-state index contributed by atoms with van der Waals surface area (Å²) < 4.78 is 0. The van der Waals surface area contributed by atoms with E-state index in [1.807, 2.05) is 0 Å². The van der Waals surface area contributed by atoms with Gasteiger partial charge in [0, 0.05) is 5.41 Å². The Morgan fingerprint density at radius 1 is 1.05 bits per heavy atom. The topological polar surface area (TPSA) is 38.9 Å². The molecule has 2 heteroatoms. The average Bonchev–Trinajstić information content (AvgIpc) is 3.27. The lowest BCUT2D eigenvalue weighted by Gasteiger charge is -2.21. The summed E-state index contributed by atoms with van der Waals surface area (Å²) in [6.45, 7) is 4.65. The number of nitrogens with two attached hydrogens (primary N) is 1. The Morgan fingerprint density at radius 2 is 1.65 bits per heavy atom. The van der Waals surface area contributed by atoms with E-state index >= 15 is 0 Å². The molecule has 2 nitrogen and oxygen atoms in total. The number of anilines is 1. The second kappa shape index (κ2) is 4.22. The van der Waals surface area contributed by atoms with Gasteiger partial charge in [-0.2, -0.15) is 0 Å². The van der Waals surface area contributed by atoms with E-state index in [0.717, 1.165) is 17.7 Å². The van der Waals surface area contributed by atoms with Crippen molar-refractivity contribution in [3.05, 3.63) is 22.4 Å². The SMILES string of the molecule is CC1(C)CCc2c1nc(N)c(CC1CC1)c2CC1CC1. The number of nitrogens with zero attached hydrogens (tertiary/aromatic N) is 1. The van der Waals surface area contributed by atoms with E-state index in [1.54, 1.807) is 11.1 Å². The van der Waals surface area contributed by atoms with E-state index in [4.69, 9.17) is 10.7 Å². The number of aromatic nitrogens is 1. The molecule has 0 amide bonds.